The van der Waals surface area contributed by atoms with Crippen LogP contribution in [0.4, 0.5) is 10.5 Å². The van der Waals surface area contributed by atoms with Crippen LogP contribution in [0.5, 0.6) is 0 Å². The highest BCUT2D eigenvalue weighted by molar-refractivity contribution is 6.05. The maximum atomic E-state index is 12.7. The van der Waals surface area contributed by atoms with Crippen molar-refractivity contribution in [3.63, 3.8) is 0 Å². The summed E-state index contributed by atoms with van der Waals surface area (Å²) in [6, 6.07) is 7.20. The molecule has 0 bridgehead atoms. The minimum absolute atomic E-state index is 0.193. The van der Waals surface area contributed by atoms with Gasteiger partial charge in [0.05, 0.1) is 17.3 Å². The monoisotopic (exact) mass is 510 g/mol. The molecule has 200 valence electrons. The summed E-state index contributed by atoms with van der Waals surface area (Å²) in [5, 5.41) is 7.95. The fourth-order valence-corrected chi connectivity index (χ4v) is 4.17. The standard InChI is InChI=1S/C26H38N8O3/c1-26(2,28)24(36)34-13-3-4-22(17-34)31-25(37)32-23(9-12-29-18-35)30-21-7-5-19(6-8-21)16-33-14-10-20(27)11-15-33/h3-9,12,18,20,22H,10-11,13-17,27-28H2,1-2H3,(H,29,35)(H2,30,31,32,37)/b12-9-. The lowest BCUT2D eigenvalue weighted by Gasteiger charge is -2.33. The number of aliphatic imine (C=N–C) groups is 1. The van der Waals surface area contributed by atoms with Crippen LogP contribution in [0.15, 0.2) is 53.7 Å². The molecule has 1 unspecified atom stereocenters. The number of hydrogen-bond acceptors (Lipinski definition) is 7. The number of amidine groups is 1. The topological polar surface area (TPSA) is 158 Å². The maximum absolute atomic E-state index is 12.7. The largest absolute Gasteiger partial charge is 0.335 e. The predicted octanol–water partition coefficient (Wildman–Crippen LogP) is 0.703. The van der Waals surface area contributed by atoms with Gasteiger partial charge in [-0.15, -0.1) is 0 Å². The van der Waals surface area contributed by atoms with E-state index in [1.807, 2.05) is 36.4 Å². The van der Waals surface area contributed by atoms with Crippen LogP contribution >= 0.6 is 0 Å². The normalized spacial score (nSPS) is 19.6. The van der Waals surface area contributed by atoms with Crippen LogP contribution in [-0.2, 0) is 16.1 Å². The van der Waals surface area contributed by atoms with Crippen molar-refractivity contribution >= 4 is 29.9 Å². The molecular weight excluding hydrogens is 472 g/mol. The molecule has 37 heavy (non-hydrogen) atoms. The highest BCUT2D eigenvalue weighted by Crippen LogP contribution is 2.17. The molecule has 4 amide bonds. The Hall–Kier alpha value is -3.54. The number of nitrogens with one attached hydrogen (secondary N) is 3. The number of rotatable bonds is 8. The summed E-state index contributed by atoms with van der Waals surface area (Å²) >= 11 is 0. The average Bonchev–Trinajstić information content (AvgIpc) is 2.86. The maximum Gasteiger partial charge on any atom is 0.320 e. The Morgan fingerprint density at radius 3 is 2.54 bits per heavy atom. The second kappa shape index (κ2) is 13.1. The van der Waals surface area contributed by atoms with Gasteiger partial charge < -0.3 is 27.0 Å². The number of urea groups is 1. The molecule has 0 spiro atoms. The highest BCUT2D eigenvalue weighted by atomic mass is 16.2. The lowest BCUT2D eigenvalue weighted by atomic mass is 10.0. The first-order chi connectivity index (χ1) is 17.6. The molecule has 0 saturated carbocycles. The zero-order chi connectivity index (χ0) is 26.8. The Bertz CT molecular complexity index is 1020. The van der Waals surface area contributed by atoms with Crippen molar-refractivity contribution in [1.29, 1.82) is 0 Å². The van der Waals surface area contributed by atoms with Gasteiger partial charge in [0.25, 0.3) is 0 Å². The molecule has 2 aliphatic rings. The Morgan fingerprint density at radius 1 is 1.19 bits per heavy atom. The third-order valence-electron chi connectivity index (χ3n) is 6.14. The molecule has 11 nitrogen and oxygen atoms in total. The number of nitrogens with zero attached hydrogens (tertiary/aromatic N) is 3. The summed E-state index contributed by atoms with van der Waals surface area (Å²) in [6.07, 6.45) is 9.07. The second-order valence-electron chi connectivity index (χ2n) is 9.96. The lowest BCUT2D eigenvalue weighted by Crippen LogP contribution is -2.56. The molecule has 7 N–H and O–H groups in total. The van der Waals surface area contributed by atoms with Crippen LogP contribution in [-0.4, -0.2) is 77.8 Å². The van der Waals surface area contributed by atoms with Crippen molar-refractivity contribution < 1.29 is 14.4 Å². The molecule has 2 aliphatic heterocycles. The number of carbonyl (C=O) groups is 3. The molecular formula is C26H38N8O3. The summed E-state index contributed by atoms with van der Waals surface area (Å²) in [7, 11) is 0. The molecule has 1 saturated heterocycles. The van der Waals surface area contributed by atoms with Crippen molar-refractivity contribution in [2.75, 3.05) is 26.2 Å². The fourth-order valence-electron chi connectivity index (χ4n) is 4.17. The van der Waals surface area contributed by atoms with E-state index >= 15 is 0 Å². The van der Waals surface area contributed by atoms with Crippen molar-refractivity contribution in [3.05, 3.63) is 54.3 Å². The van der Waals surface area contributed by atoms with Crippen LogP contribution in [0.1, 0.15) is 32.3 Å². The van der Waals surface area contributed by atoms with Gasteiger partial charge >= 0.3 is 6.03 Å². The Morgan fingerprint density at radius 2 is 1.89 bits per heavy atom. The third-order valence-corrected chi connectivity index (χ3v) is 6.14. The van der Waals surface area contributed by atoms with Crippen LogP contribution in [0.2, 0.25) is 0 Å². The number of nitrogens with two attached hydrogens (primary N) is 2. The zero-order valence-electron chi connectivity index (χ0n) is 21.5. The van der Waals surface area contributed by atoms with Crippen molar-refractivity contribution in [2.24, 2.45) is 16.5 Å². The quantitative estimate of drug-likeness (QED) is 0.150. The van der Waals surface area contributed by atoms with Crippen LogP contribution in [0.25, 0.3) is 0 Å². The number of piperidine rings is 1. The smallest absolute Gasteiger partial charge is 0.320 e. The number of hydrogen-bond donors (Lipinski definition) is 5. The third kappa shape index (κ3) is 9.12. The molecule has 1 aromatic carbocycles. The molecule has 3 rings (SSSR count). The predicted molar refractivity (Wildman–Crippen MR) is 144 cm³/mol. The molecule has 0 aromatic heterocycles. The molecule has 0 radical (unpaired) electrons. The van der Waals surface area contributed by atoms with Gasteiger partial charge in [0, 0.05) is 31.9 Å². The van der Waals surface area contributed by atoms with Gasteiger partial charge in [-0.1, -0.05) is 24.3 Å². The average molecular weight is 511 g/mol. The fraction of sp³-hybridized carbons (Fsp3) is 0.462. The van der Waals surface area contributed by atoms with Crippen molar-refractivity contribution in [2.45, 2.75) is 50.9 Å². The van der Waals surface area contributed by atoms with E-state index in [4.69, 9.17) is 11.5 Å². The van der Waals surface area contributed by atoms with E-state index in [0.717, 1.165) is 32.5 Å². The van der Waals surface area contributed by atoms with E-state index in [-0.39, 0.29) is 17.8 Å². The van der Waals surface area contributed by atoms with E-state index in [1.165, 1.54) is 17.8 Å². The van der Waals surface area contributed by atoms with Gasteiger partial charge in [-0.3, -0.25) is 19.8 Å². The minimum Gasteiger partial charge on any atom is -0.335 e. The summed E-state index contributed by atoms with van der Waals surface area (Å²) in [6.45, 7) is 6.89. The Balaban J connectivity index is 1.62. The van der Waals surface area contributed by atoms with E-state index in [0.29, 0.717) is 31.2 Å². The number of benzene rings is 1. The second-order valence-corrected chi connectivity index (χ2v) is 9.96. The molecule has 0 aliphatic carbocycles. The van der Waals surface area contributed by atoms with Crippen molar-refractivity contribution in [3.8, 4) is 0 Å². The van der Waals surface area contributed by atoms with Gasteiger partial charge in [-0.25, -0.2) is 9.79 Å². The zero-order valence-corrected chi connectivity index (χ0v) is 21.5. The van der Waals surface area contributed by atoms with Gasteiger partial charge in [0.1, 0.15) is 5.84 Å². The first kappa shape index (κ1) is 28.0. The molecule has 1 aromatic rings. The van der Waals surface area contributed by atoms with Gasteiger partial charge in [0.2, 0.25) is 12.3 Å². The minimum atomic E-state index is -0.995. The Labute approximate surface area is 218 Å². The van der Waals surface area contributed by atoms with Crippen LogP contribution in [0.3, 0.4) is 0 Å². The highest BCUT2D eigenvalue weighted by Gasteiger charge is 2.30. The lowest BCUT2D eigenvalue weighted by molar-refractivity contribution is -0.135. The summed E-state index contributed by atoms with van der Waals surface area (Å²) in [5.74, 6) is 0.0434. The molecule has 11 heteroatoms. The van der Waals surface area contributed by atoms with Crippen LogP contribution < -0.4 is 27.4 Å². The van der Waals surface area contributed by atoms with E-state index < -0.39 is 11.6 Å². The molecule has 1 fully saturated rings. The van der Waals surface area contributed by atoms with Crippen LogP contribution in [0, 0.1) is 0 Å². The SMILES string of the molecule is CC(C)(N)C(=O)N1CC=CC(NC(=O)NC(/C=C\NC=O)=Nc2ccc(CN3CCC(N)CC3)cc2)C1. The number of amides is 4. The van der Waals surface area contributed by atoms with E-state index in [9.17, 15) is 14.4 Å². The summed E-state index contributed by atoms with van der Waals surface area (Å²) in [4.78, 5) is 44.4. The van der Waals surface area contributed by atoms with Gasteiger partial charge in [0.15, 0.2) is 0 Å². The number of carbonyl (C=O) groups excluding carboxylic acids is 3. The first-order valence-corrected chi connectivity index (χ1v) is 12.5. The van der Waals surface area contributed by atoms with E-state index in [1.54, 1.807) is 18.7 Å². The van der Waals surface area contributed by atoms with E-state index in [2.05, 4.69) is 25.8 Å². The molecule has 2 heterocycles. The van der Waals surface area contributed by atoms with Gasteiger partial charge in [-0.05, 0) is 63.6 Å². The van der Waals surface area contributed by atoms with Crippen molar-refractivity contribution in [1.82, 2.24) is 25.8 Å². The summed E-state index contributed by atoms with van der Waals surface area (Å²) in [5.41, 5.74) is 12.8. The number of likely N-dealkylation sites (tertiary alicyclic amines) is 1. The van der Waals surface area contributed by atoms with Gasteiger partial charge in [-0.2, -0.15) is 0 Å². The molecule has 1 atom stereocenters. The summed E-state index contributed by atoms with van der Waals surface area (Å²) < 4.78 is 0. The first-order valence-electron chi connectivity index (χ1n) is 12.5. The Kier molecular flexibility index (Phi) is 9.95.